The van der Waals surface area contributed by atoms with E-state index in [-0.39, 0.29) is 0 Å². The molecular weight excluding hydrogens is 197 g/mol. The summed E-state index contributed by atoms with van der Waals surface area (Å²) in [6.45, 7) is 1.22. The quantitative estimate of drug-likeness (QED) is 0.694. The van der Waals surface area contributed by atoms with Crippen LogP contribution in [0.15, 0.2) is 18.2 Å². The SMILES string of the molecule is COCCN(C)c1ccc(F)cc1C=O. The minimum Gasteiger partial charge on any atom is -0.383 e. The molecule has 0 saturated carbocycles. The van der Waals surface area contributed by atoms with E-state index in [4.69, 9.17) is 4.74 Å². The van der Waals surface area contributed by atoms with Crippen LogP contribution >= 0.6 is 0 Å². The summed E-state index contributed by atoms with van der Waals surface area (Å²) in [5.41, 5.74) is 1.07. The van der Waals surface area contributed by atoms with Crippen molar-refractivity contribution in [1.82, 2.24) is 0 Å². The van der Waals surface area contributed by atoms with Crippen LogP contribution in [0.4, 0.5) is 10.1 Å². The first-order valence-corrected chi connectivity index (χ1v) is 4.64. The molecule has 4 heteroatoms. The van der Waals surface area contributed by atoms with Crippen molar-refractivity contribution >= 4 is 12.0 Å². The molecule has 0 aliphatic rings. The standard InChI is InChI=1S/C11H14FNO2/c1-13(5-6-15-2)11-4-3-10(12)7-9(11)8-14/h3-4,7-8H,5-6H2,1-2H3. The highest BCUT2D eigenvalue weighted by Gasteiger charge is 2.07. The van der Waals surface area contributed by atoms with Crippen molar-refractivity contribution in [2.24, 2.45) is 0 Å². The molecule has 0 aromatic heterocycles. The minimum atomic E-state index is -0.402. The fourth-order valence-electron chi connectivity index (χ4n) is 1.32. The van der Waals surface area contributed by atoms with Gasteiger partial charge in [0.1, 0.15) is 5.82 Å². The molecular formula is C11H14FNO2. The molecule has 0 N–H and O–H groups in total. The highest BCUT2D eigenvalue weighted by Crippen LogP contribution is 2.18. The number of nitrogens with zero attached hydrogens (tertiary/aromatic N) is 1. The van der Waals surface area contributed by atoms with Gasteiger partial charge in [-0.3, -0.25) is 4.79 Å². The third-order valence-corrected chi connectivity index (χ3v) is 2.16. The van der Waals surface area contributed by atoms with Gasteiger partial charge in [0.05, 0.1) is 6.61 Å². The maximum Gasteiger partial charge on any atom is 0.152 e. The lowest BCUT2D eigenvalue weighted by atomic mass is 10.2. The number of halogens is 1. The first kappa shape index (κ1) is 11.7. The van der Waals surface area contributed by atoms with Gasteiger partial charge < -0.3 is 9.64 Å². The van der Waals surface area contributed by atoms with Crippen LogP contribution in [0.5, 0.6) is 0 Å². The molecule has 82 valence electrons. The molecule has 1 aromatic carbocycles. The first-order chi connectivity index (χ1) is 7.19. The average molecular weight is 211 g/mol. The van der Waals surface area contributed by atoms with Crippen LogP contribution < -0.4 is 4.90 Å². The fraction of sp³-hybridized carbons (Fsp3) is 0.364. The molecule has 0 saturated heterocycles. The molecule has 3 nitrogen and oxygen atoms in total. The summed E-state index contributed by atoms with van der Waals surface area (Å²) in [7, 11) is 3.44. The van der Waals surface area contributed by atoms with Gasteiger partial charge in [-0.1, -0.05) is 0 Å². The lowest BCUT2D eigenvalue weighted by Gasteiger charge is -2.20. The Labute approximate surface area is 88.5 Å². The molecule has 0 amide bonds. The van der Waals surface area contributed by atoms with Crippen LogP contribution in [-0.2, 0) is 4.74 Å². The van der Waals surface area contributed by atoms with Gasteiger partial charge in [-0.25, -0.2) is 4.39 Å². The summed E-state index contributed by atoms with van der Waals surface area (Å²) in [5, 5.41) is 0. The predicted molar refractivity (Wildman–Crippen MR) is 56.9 cm³/mol. The molecule has 0 aliphatic carbocycles. The monoisotopic (exact) mass is 211 g/mol. The van der Waals surface area contributed by atoms with Crippen LogP contribution in [0.1, 0.15) is 10.4 Å². The summed E-state index contributed by atoms with van der Waals surface area (Å²) >= 11 is 0. The van der Waals surface area contributed by atoms with Crippen molar-refractivity contribution in [3.63, 3.8) is 0 Å². The van der Waals surface area contributed by atoms with Crippen molar-refractivity contribution in [1.29, 1.82) is 0 Å². The Morgan fingerprint density at radius 2 is 2.27 bits per heavy atom. The maximum atomic E-state index is 12.8. The van der Waals surface area contributed by atoms with E-state index in [0.717, 1.165) is 0 Å². The number of likely N-dealkylation sites (N-methyl/N-ethyl adjacent to an activating group) is 1. The smallest absolute Gasteiger partial charge is 0.152 e. The van der Waals surface area contributed by atoms with Crippen LogP contribution in [0.3, 0.4) is 0 Å². The van der Waals surface area contributed by atoms with E-state index in [0.29, 0.717) is 30.7 Å². The molecule has 1 rings (SSSR count). The third-order valence-electron chi connectivity index (χ3n) is 2.16. The van der Waals surface area contributed by atoms with E-state index >= 15 is 0 Å². The Balaban J connectivity index is 2.87. The zero-order valence-electron chi connectivity index (χ0n) is 8.87. The van der Waals surface area contributed by atoms with E-state index in [1.807, 2.05) is 11.9 Å². The number of methoxy groups -OCH3 is 1. The predicted octanol–water partition coefficient (Wildman–Crippen LogP) is 1.72. The molecule has 0 bridgehead atoms. The number of carbonyl (C=O) groups excluding carboxylic acids is 1. The summed E-state index contributed by atoms with van der Waals surface area (Å²) in [5.74, 6) is -0.402. The third kappa shape index (κ3) is 3.02. The average Bonchev–Trinajstić information content (AvgIpc) is 2.25. The summed E-state index contributed by atoms with van der Waals surface area (Å²) in [6.07, 6.45) is 0.654. The van der Waals surface area contributed by atoms with Crippen molar-refractivity contribution < 1.29 is 13.9 Å². The van der Waals surface area contributed by atoms with Gasteiger partial charge in [-0.15, -0.1) is 0 Å². The van der Waals surface area contributed by atoms with E-state index in [1.165, 1.54) is 12.1 Å². The van der Waals surface area contributed by atoms with Gasteiger partial charge >= 0.3 is 0 Å². The van der Waals surface area contributed by atoms with Gasteiger partial charge in [0.2, 0.25) is 0 Å². The Hall–Kier alpha value is -1.42. The van der Waals surface area contributed by atoms with Crippen molar-refractivity contribution in [3.8, 4) is 0 Å². The largest absolute Gasteiger partial charge is 0.383 e. The Morgan fingerprint density at radius 1 is 1.53 bits per heavy atom. The molecule has 0 unspecified atom stereocenters. The highest BCUT2D eigenvalue weighted by atomic mass is 19.1. The molecule has 0 aliphatic heterocycles. The summed E-state index contributed by atoms with van der Waals surface area (Å²) in [6, 6.07) is 4.16. The number of hydrogen-bond acceptors (Lipinski definition) is 3. The maximum absolute atomic E-state index is 12.8. The first-order valence-electron chi connectivity index (χ1n) is 4.64. The summed E-state index contributed by atoms with van der Waals surface area (Å²) < 4.78 is 17.8. The number of aldehydes is 1. The fourth-order valence-corrected chi connectivity index (χ4v) is 1.32. The van der Waals surface area contributed by atoms with E-state index in [9.17, 15) is 9.18 Å². The van der Waals surface area contributed by atoms with Crippen LogP contribution in [0, 0.1) is 5.82 Å². The van der Waals surface area contributed by atoms with Crippen LogP contribution in [-0.4, -0.2) is 33.6 Å². The second-order valence-corrected chi connectivity index (χ2v) is 3.24. The van der Waals surface area contributed by atoms with Crippen LogP contribution in [0.2, 0.25) is 0 Å². The molecule has 0 fully saturated rings. The molecule has 0 atom stereocenters. The number of anilines is 1. The lowest BCUT2D eigenvalue weighted by molar-refractivity contribution is 0.112. The van der Waals surface area contributed by atoms with Gasteiger partial charge in [-0.2, -0.15) is 0 Å². The second kappa shape index (κ2) is 5.46. The highest BCUT2D eigenvalue weighted by molar-refractivity contribution is 5.84. The molecule has 1 aromatic rings. The summed E-state index contributed by atoms with van der Waals surface area (Å²) in [4.78, 5) is 12.6. The normalized spacial score (nSPS) is 10.1. The Bertz CT molecular complexity index is 341. The van der Waals surface area contributed by atoms with Gasteiger partial charge in [0.15, 0.2) is 6.29 Å². The van der Waals surface area contributed by atoms with E-state index in [1.54, 1.807) is 13.2 Å². The van der Waals surface area contributed by atoms with Crippen LogP contribution in [0.25, 0.3) is 0 Å². The molecule has 0 heterocycles. The second-order valence-electron chi connectivity index (χ2n) is 3.24. The number of ether oxygens (including phenoxy) is 1. The number of benzene rings is 1. The lowest BCUT2D eigenvalue weighted by Crippen LogP contribution is -2.23. The van der Waals surface area contributed by atoms with E-state index < -0.39 is 5.82 Å². The van der Waals surface area contributed by atoms with E-state index in [2.05, 4.69) is 0 Å². The van der Waals surface area contributed by atoms with Crippen molar-refractivity contribution in [2.75, 3.05) is 32.2 Å². The zero-order valence-corrected chi connectivity index (χ0v) is 8.87. The number of carbonyl (C=O) groups is 1. The molecule has 0 spiro atoms. The Morgan fingerprint density at radius 3 is 2.87 bits per heavy atom. The van der Waals surface area contributed by atoms with Gasteiger partial charge in [0, 0.05) is 32.0 Å². The topological polar surface area (TPSA) is 29.5 Å². The minimum absolute atomic E-state index is 0.355. The molecule has 15 heavy (non-hydrogen) atoms. The van der Waals surface area contributed by atoms with Crippen molar-refractivity contribution in [2.45, 2.75) is 0 Å². The zero-order chi connectivity index (χ0) is 11.3. The van der Waals surface area contributed by atoms with Crippen molar-refractivity contribution in [3.05, 3.63) is 29.6 Å². The Kier molecular flexibility index (Phi) is 4.24. The number of rotatable bonds is 5. The van der Waals surface area contributed by atoms with Gasteiger partial charge in [-0.05, 0) is 18.2 Å². The molecule has 0 radical (unpaired) electrons. The van der Waals surface area contributed by atoms with Gasteiger partial charge in [0.25, 0.3) is 0 Å². The number of hydrogen-bond donors (Lipinski definition) is 0.